The van der Waals surface area contributed by atoms with Gasteiger partial charge in [-0.05, 0) is 30.0 Å². The van der Waals surface area contributed by atoms with Crippen molar-refractivity contribution in [2.75, 3.05) is 49.5 Å². The van der Waals surface area contributed by atoms with Crippen molar-refractivity contribution in [1.29, 1.82) is 0 Å². The van der Waals surface area contributed by atoms with Crippen LogP contribution in [0, 0.1) is 0 Å². The Labute approximate surface area is 188 Å². The van der Waals surface area contributed by atoms with Crippen molar-refractivity contribution in [2.45, 2.75) is 25.1 Å². The second-order valence-electron chi connectivity index (χ2n) is 8.04. The van der Waals surface area contributed by atoms with Crippen molar-refractivity contribution in [1.82, 2.24) is 9.80 Å². The van der Waals surface area contributed by atoms with E-state index < -0.39 is 30.5 Å². The van der Waals surface area contributed by atoms with Gasteiger partial charge in [0, 0.05) is 37.6 Å². The van der Waals surface area contributed by atoms with Crippen molar-refractivity contribution in [2.24, 2.45) is 0 Å². The lowest BCUT2D eigenvalue weighted by atomic mass is 10.1. The molecule has 1 saturated heterocycles. The van der Waals surface area contributed by atoms with Crippen molar-refractivity contribution in [3.63, 3.8) is 0 Å². The Morgan fingerprint density at radius 1 is 1.06 bits per heavy atom. The second kappa shape index (κ2) is 9.60. The SMILES string of the molecule is O=C1CC(C(F)(F)F)N(C(=O)CN2CCN(CCc3cccs3)CC2)c2ccccc2N1. The van der Waals surface area contributed by atoms with Crippen LogP contribution in [0.15, 0.2) is 41.8 Å². The molecule has 4 rings (SSSR count). The summed E-state index contributed by atoms with van der Waals surface area (Å²) in [7, 11) is 0. The molecular weight excluding hydrogens is 441 g/mol. The third kappa shape index (κ3) is 5.31. The number of fused-ring (bicyclic) bond motifs is 1. The van der Waals surface area contributed by atoms with Gasteiger partial charge in [-0.15, -0.1) is 11.3 Å². The van der Waals surface area contributed by atoms with Gasteiger partial charge in [0.15, 0.2) is 0 Å². The van der Waals surface area contributed by atoms with Gasteiger partial charge in [-0.25, -0.2) is 0 Å². The van der Waals surface area contributed by atoms with Gasteiger partial charge in [0.25, 0.3) is 0 Å². The van der Waals surface area contributed by atoms with E-state index in [2.05, 4.69) is 21.7 Å². The quantitative estimate of drug-likeness (QED) is 0.736. The number of hydrogen-bond acceptors (Lipinski definition) is 5. The number of alkyl halides is 3. The number of nitrogens with zero attached hydrogens (tertiary/aromatic N) is 3. The van der Waals surface area contributed by atoms with E-state index in [-0.39, 0.29) is 17.9 Å². The van der Waals surface area contributed by atoms with E-state index in [1.54, 1.807) is 23.5 Å². The van der Waals surface area contributed by atoms with Crippen molar-refractivity contribution in [3.05, 3.63) is 46.7 Å². The normalized spacial score (nSPS) is 20.5. The fourth-order valence-corrected chi connectivity index (χ4v) is 4.86. The first kappa shape index (κ1) is 22.8. The number of rotatable bonds is 5. The molecular formula is C22H25F3N4O2S. The molecule has 6 nitrogen and oxygen atoms in total. The molecule has 0 aliphatic carbocycles. The summed E-state index contributed by atoms with van der Waals surface area (Å²) in [5, 5.41) is 4.54. The maximum absolute atomic E-state index is 13.8. The highest BCUT2D eigenvalue weighted by atomic mass is 32.1. The topological polar surface area (TPSA) is 55.9 Å². The number of piperazine rings is 1. The van der Waals surface area contributed by atoms with Gasteiger partial charge >= 0.3 is 6.18 Å². The maximum Gasteiger partial charge on any atom is 0.409 e. The average Bonchev–Trinajstić information content (AvgIpc) is 3.21. The molecule has 1 N–H and O–H groups in total. The van der Waals surface area contributed by atoms with Gasteiger partial charge < -0.3 is 10.2 Å². The number of hydrogen-bond donors (Lipinski definition) is 1. The first-order chi connectivity index (χ1) is 15.3. The predicted octanol–water partition coefficient (Wildman–Crippen LogP) is 3.21. The maximum atomic E-state index is 13.8. The number of carbonyl (C=O) groups is 2. The van der Waals surface area contributed by atoms with Gasteiger partial charge in [-0.3, -0.25) is 19.4 Å². The molecule has 3 heterocycles. The van der Waals surface area contributed by atoms with Crippen LogP contribution in [0.25, 0.3) is 0 Å². The first-order valence-electron chi connectivity index (χ1n) is 10.6. The average molecular weight is 467 g/mol. The summed E-state index contributed by atoms with van der Waals surface area (Å²) in [6.07, 6.45) is -4.57. The van der Waals surface area contributed by atoms with Gasteiger partial charge in [0.2, 0.25) is 11.8 Å². The zero-order chi connectivity index (χ0) is 22.7. The van der Waals surface area contributed by atoms with E-state index in [0.29, 0.717) is 13.1 Å². The Kier molecular flexibility index (Phi) is 6.82. The van der Waals surface area contributed by atoms with Crippen LogP contribution in [-0.2, 0) is 16.0 Å². The highest BCUT2D eigenvalue weighted by molar-refractivity contribution is 7.09. The van der Waals surface area contributed by atoms with Crippen LogP contribution < -0.4 is 10.2 Å². The molecule has 2 aromatic rings. The Morgan fingerprint density at radius 2 is 1.78 bits per heavy atom. The molecule has 0 bridgehead atoms. The van der Waals surface area contributed by atoms with E-state index in [0.717, 1.165) is 31.0 Å². The molecule has 0 spiro atoms. The van der Waals surface area contributed by atoms with Gasteiger partial charge in [-0.2, -0.15) is 13.2 Å². The number of anilines is 2. The summed E-state index contributed by atoms with van der Waals surface area (Å²) in [6.45, 7) is 3.55. The third-order valence-electron chi connectivity index (χ3n) is 5.85. The van der Waals surface area contributed by atoms with E-state index in [1.165, 1.54) is 17.0 Å². The second-order valence-corrected chi connectivity index (χ2v) is 9.07. The number of amides is 2. The summed E-state index contributed by atoms with van der Waals surface area (Å²) in [5.41, 5.74) is 0.302. The zero-order valence-corrected chi connectivity index (χ0v) is 18.3. The van der Waals surface area contributed by atoms with Crippen molar-refractivity contribution in [3.8, 4) is 0 Å². The molecule has 0 radical (unpaired) electrons. The number of thiophene rings is 1. The Morgan fingerprint density at radius 3 is 2.47 bits per heavy atom. The summed E-state index contributed by atoms with van der Waals surface area (Å²) in [6, 6.07) is 8.09. The van der Waals surface area contributed by atoms with Gasteiger partial charge in [-0.1, -0.05) is 18.2 Å². The minimum absolute atomic E-state index is 0.0836. The monoisotopic (exact) mass is 466 g/mol. The molecule has 1 fully saturated rings. The van der Waals surface area contributed by atoms with E-state index >= 15 is 0 Å². The van der Waals surface area contributed by atoms with Crippen LogP contribution in [0.4, 0.5) is 24.5 Å². The molecule has 0 saturated carbocycles. The lowest BCUT2D eigenvalue weighted by Gasteiger charge is -2.37. The van der Waals surface area contributed by atoms with Crippen LogP contribution in [-0.4, -0.2) is 73.1 Å². The van der Waals surface area contributed by atoms with Crippen LogP contribution in [0.2, 0.25) is 0 Å². The molecule has 10 heteroatoms. The van der Waals surface area contributed by atoms with E-state index in [9.17, 15) is 22.8 Å². The van der Waals surface area contributed by atoms with Crippen LogP contribution in [0.5, 0.6) is 0 Å². The first-order valence-corrected chi connectivity index (χ1v) is 11.4. The van der Waals surface area contributed by atoms with Crippen LogP contribution in [0.1, 0.15) is 11.3 Å². The zero-order valence-electron chi connectivity index (χ0n) is 17.5. The molecule has 1 atom stereocenters. The molecule has 32 heavy (non-hydrogen) atoms. The van der Waals surface area contributed by atoms with Crippen molar-refractivity contribution < 1.29 is 22.8 Å². The molecule has 2 aliphatic heterocycles. The summed E-state index contributed by atoms with van der Waals surface area (Å²) < 4.78 is 41.5. The van der Waals surface area contributed by atoms with Gasteiger partial charge in [0.1, 0.15) is 6.04 Å². The number of benzene rings is 1. The summed E-state index contributed by atoms with van der Waals surface area (Å²) in [5.74, 6) is -1.40. The predicted molar refractivity (Wildman–Crippen MR) is 118 cm³/mol. The molecule has 2 amide bonds. The number of para-hydroxylation sites is 2. The highest BCUT2D eigenvalue weighted by Gasteiger charge is 2.49. The highest BCUT2D eigenvalue weighted by Crippen LogP contribution is 2.37. The molecule has 1 unspecified atom stereocenters. The fraction of sp³-hybridized carbons (Fsp3) is 0.455. The molecule has 1 aromatic heterocycles. The number of carbonyl (C=O) groups excluding carboxylic acids is 2. The third-order valence-corrected chi connectivity index (χ3v) is 6.79. The standard InChI is InChI=1S/C22H25F3N4O2S/c23-22(24,25)19-14-20(30)26-17-5-1-2-6-18(17)29(19)21(31)15-28-11-9-27(10-12-28)8-7-16-4-3-13-32-16/h1-6,13,19H,7-12,14-15H2,(H,26,30). The van der Waals surface area contributed by atoms with E-state index in [1.807, 2.05) is 11.0 Å². The van der Waals surface area contributed by atoms with Crippen molar-refractivity contribution >= 4 is 34.5 Å². The lowest BCUT2D eigenvalue weighted by molar-refractivity contribution is -0.158. The lowest BCUT2D eigenvalue weighted by Crippen LogP contribution is -2.55. The number of halogens is 3. The van der Waals surface area contributed by atoms with Gasteiger partial charge in [0.05, 0.1) is 24.3 Å². The minimum atomic E-state index is -4.72. The molecule has 1 aromatic carbocycles. The fourth-order valence-electron chi connectivity index (χ4n) is 4.16. The largest absolute Gasteiger partial charge is 0.409 e. The van der Waals surface area contributed by atoms with Crippen LogP contribution >= 0.6 is 11.3 Å². The van der Waals surface area contributed by atoms with E-state index in [4.69, 9.17) is 0 Å². The molecule has 2 aliphatic rings. The Hall–Kier alpha value is -2.43. The Balaban J connectivity index is 1.42. The summed E-state index contributed by atoms with van der Waals surface area (Å²) >= 11 is 1.73. The smallest absolute Gasteiger partial charge is 0.324 e. The Bertz CT molecular complexity index is 943. The summed E-state index contributed by atoms with van der Waals surface area (Å²) in [4.78, 5) is 31.5. The minimum Gasteiger partial charge on any atom is -0.324 e. The number of nitrogens with one attached hydrogen (secondary N) is 1. The van der Waals surface area contributed by atoms with Crippen LogP contribution in [0.3, 0.4) is 0 Å². The molecule has 172 valence electrons.